The first-order valence-corrected chi connectivity index (χ1v) is 7.63. The summed E-state index contributed by atoms with van der Waals surface area (Å²) in [7, 11) is 0. The molecule has 23 heavy (non-hydrogen) atoms. The number of anilines is 1. The molecule has 0 bridgehead atoms. The summed E-state index contributed by atoms with van der Waals surface area (Å²) in [5.41, 5.74) is 1.78. The molecule has 1 aromatic heterocycles. The van der Waals surface area contributed by atoms with Crippen LogP contribution in [-0.4, -0.2) is 28.4 Å². The Bertz CT molecular complexity index is 761. The fourth-order valence-corrected chi connectivity index (χ4v) is 2.48. The zero-order valence-corrected chi connectivity index (χ0v) is 13.1. The van der Waals surface area contributed by atoms with Crippen LogP contribution in [0.25, 0.3) is 11.5 Å². The molecule has 0 aliphatic heterocycles. The van der Waals surface area contributed by atoms with Gasteiger partial charge in [-0.05, 0) is 30.3 Å². The van der Waals surface area contributed by atoms with Crippen LogP contribution in [0.5, 0.6) is 0 Å². The molecular weight excluding hydrogens is 314 g/mol. The van der Waals surface area contributed by atoms with E-state index < -0.39 is 0 Å². The van der Waals surface area contributed by atoms with Gasteiger partial charge < -0.3 is 14.5 Å². The van der Waals surface area contributed by atoms with Gasteiger partial charge in [-0.1, -0.05) is 41.0 Å². The van der Waals surface area contributed by atoms with Crippen molar-refractivity contribution in [3.63, 3.8) is 0 Å². The Labute approximate surface area is 139 Å². The van der Waals surface area contributed by atoms with Crippen LogP contribution in [0, 0.1) is 0 Å². The van der Waals surface area contributed by atoms with Gasteiger partial charge in [0.15, 0.2) is 5.82 Å². The molecule has 0 aliphatic carbocycles. The maximum absolute atomic E-state index is 9.27. The third-order valence-electron chi connectivity index (χ3n) is 3.36. The van der Waals surface area contributed by atoms with Gasteiger partial charge in [0.1, 0.15) is 0 Å². The quantitative estimate of drug-likeness (QED) is 0.751. The normalized spacial score (nSPS) is 10.7. The SMILES string of the molecule is OCCN(Cc1noc(-c2cccc(Cl)c2)n1)c1ccccc1. The second-order valence-electron chi connectivity index (χ2n) is 5.01. The number of aliphatic hydroxyl groups is 1. The number of hydrogen-bond acceptors (Lipinski definition) is 5. The van der Waals surface area contributed by atoms with Crippen molar-refractivity contribution in [3.8, 4) is 11.5 Å². The lowest BCUT2D eigenvalue weighted by Gasteiger charge is -2.21. The number of nitrogens with zero attached hydrogens (tertiary/aromatic N) is 3. The Morgan fingerprint density at radius 1 is 1.09 bits per heavy atom. The van der Waals surface area contributed by atoms with E-state index in [-0.39, 0.29) is 6.61 Å². The standard InChI is InChI=1S/C17H16ClN3O2/c18-14-6-4-5-13(11-14)17-19-16(20-23-17)12-21(9-10-22)15-7-2-1-3-8-15/h1-8,11,22H,9-10,12H2. The van der Waals surface area contributed by atoms with Crippen molar-refractivity contribution in [1.82, 2.24) is 10.1 Å². The zero-order chi connectivity index (χ0) is 16.1. The summed E-state index contributed by atoms with van der Waals surface area (Å²) in [5.74, 6) is 0.983. The smallest absolute Gasteiger partial charge is 0.258 e. The first-order valence-electron chi connectivity index (χ1n) is 7.25. The lowest BCUT2D eigenvalue weighted by atomic mass is 10.2. The predicted molar refractivity (Wildman–Crippen MR) is 89.3 cm³/mol. The van der Waals surface area contributed by atoms with Crippen molar-refractivity contribution in [3.05, 3.63) is 65.4 Å². The van der Waals surface area contributed by atoms with Crippen LogP contribution in [0.2, 0.25) is 5.02 Å². The van der Waals surface area contributed by atoms with Crippen LogP contribution in [-0.2, 0) is 6.54 Å². The topological polar surface area (TPSA) is 62.4 Å². The zero-order valence-electron chi connectivity index (χ0n) is 12.4. The van der Waals surface area contributed by atoms with E-state index in [9.17, 15) is 5.11 Å². The van der Waals surface area contributed by atoms with Gasteiger partial charge in [-0.15, -0.1) is 0 Å². The van der Waals surface area contributed by atoms with Crippen LogP contribution in [0.1, 0.15) is 5.82 Å². The number of para-hydroxylation sites is 1. The highest BCUT2D eigenvalue weighted by Gasteiger charge is 2.13. The van der Waals surface area contributed by atoms with Gasteiger partial charge >= 0.3 is 0 Å². The number of rotatable bonds is 6. The second kappa shape index (κ2) is 7.26. The molecule has 0 radical (unpaired) electrons. The number of aliphatic hydroxyl groups excluding tert-OH is 1. The third-order valence-corrected chi connectivity index (χ3v) is 3.60. The van der Waals surface area contributed by atoms with E-state index in [1.54, 1.807) is 12.1 Å². The highest BCUT2D eigenvalue weighted by molar-refractivity contribution is 6.30. The average Bonchev–Trinajstić information content (AvgIpc) is 3.04. The average molecular weight is 330 g/mol. The van der Waals surface area contributed by atoms with Crippen molar-refractivity contribution in [1.29, 1.82) is 0 Å². The predicted octanol–water partition coefficient (Wildman–Crippen LogP) is 3.39. The molecule has 1 N–H and O–H groups in total. The maximum atomic E-state index is 9.27. The van der Waals surface area contributed by atoms with Crippen LogP contribution < -0.4 is 4.90 Å². The van der Waals surface area contributed by atoms with Crippen LogP contribution >= 0.6 is 11.6 Å². The van der Waals surface area contributed by atoms with E-state index in [0.29, 0.717) is 29.8 Å². The Morgan fingerprint density at radius 3 is 2.65 bits per heavy atom. The summed E-state index contributed by atoms with van der Waals surface area (Å²) in [4.78, 5) is 6.40. The lowest BCUT2D eigenvalue weighted by molar-refractivity contribution is 0.301. The molecule has 3 aromatic rings. The Kier molecular flexibility index (Phi) is 4.90. The molecule has 5 nitrogen and oxygen atoms in total. The van der Waals surface area contributed by atoms with Gasteiger partial charge in [-0.3, -0.25) is 0 Å². The maximum Gasteiger partial charge on any atom is 0.258 e. The number of aromatic nitrogens is 2. The van der Waals surface area contributed by atoms with Crippen LogP contribution in [0.4, 0.5) is 5.69 Å². The first-order chi connectivity index (χ1) is 11.3. The van der Waals surface area contributed by atoms with E-state index in [2.05, 4.69) is 10.1 Å². The third kappa shape index (κ3) is 3.88. The van der Waals surface area contributed by atoms with Gasteiger partial charge in [-0.2, -0.15) is 4.98 Å². The van der Waals surface area contributed by atoms with E-state index in [1.807, 2.05) is 47.4 Å². The molecule has 3 rings (SSSR count). The molecule has 0 fully saturated rings. The van der Waals surface area contributed by atoms with Crippen molar-refractivity contribution in [2.45, 2.75) is 6.54 Å². The number of hydrogen-bond donors (Lipinski definition) is 1. The Morgan fingerprint density at radius 2 is 1.91 bits per heavy atom. The minimum Gasteiger partial charge on any atom is -0.395 e. The summed E-state index contributed by atoms with van der Waals surface area (Å²) in [6.07, 6.45) is 0. The van der Waals surface area contributed by atoms with E-state index >= 15 is 0 Å². The second-order valence-corrected chi connectivity index (χ2v) is 5.44. The minimum atomic E-state index is 0.0495. The van der Waals surface area contributed by atoms with Crippen LogP contribution in [0.3, 0.4) is 0 Å². The number of halogens is 1. The molecule has 0 unspecified atom stereocenters. The van der Waals surface area contributed by atoms with Crippen molar-refractivity contribution < 1.29 is 9.63 Å². The molecular formula is C17H16ClN3O2. The van der Waals surface area contributed by atoms with E-state index in [1.165, 1.54) is 0 Å². The summed E-state index contributed by atoms with van der Waals surface area (Å²) in [6, 6.07) is 17.1. The summed E-state index contributed by atoms with van der Waals surface area (Å²) in [5, 5.41) is 13.9. The monoisotopic (exact) mass is 329 g/mol. The van der Waals surface area contributed by atoms with E-state index in [4.69, 9.17) is 16.1 Å². The molecule has 0 spiro atoms. The summed E-state index contributed by atoms with van der Waals surface area (Å²) >= 11 is 5.98. The van der Waals surface area contributed by atoms with Gasteiger partial charge in [0.25, 0.3) is 5.89 Å². The molecule has 0 atom stereocenters. The van der Waals surface area contributed by atoms with Gasteiger partial charge in [0, 0.05) is 22.8 Å². The summed E-state index contributed by atoms with van der Waals surface area (Å²) in [6.45, 7) is 0.994. The molecule has 2 aromatic carbocycles. The van der Waals surface area contributed by atoms with Crippen molar-refractivity contribution in [2.24, 2.45) is 0 Å². The molecule has 0 amide bonds. The van der Waals surface area contributed by atoms with E-state index in [0.717, 1.165) is 11.3 Å². The first kappa shape index (κ1) is 15.5. The fourth-order valence-electron chi connectivity index (χ4n) is 2.29. The van der Waals surface area contributed by atoms with Gasteiger partial charge in [0.05, 0.1) is 13.2 Å². The Hall–Kier alpha value is -2.37. The molecule has 0 saturated heterocycles. The molecule has 118 valence electrons. The minimum absolute atomic E-state index is 0.0495. The highest BCUT2D eigenvalue weighted by Crippen LogP contribution is 2.22. The van der Waals surface area contributed by atoms with Crippen molar-refractivity contribution >= 4 is 17.3 Å². The molecule has 0 saturated carbocycles. The highest BCUT2D eigenvalue weighted by atomic mass is 35.5. The van der Waals surface area contributed by atoms with Crippen LogP contribution in [0.15, 0.2) is 59.1 Å². The molecule has 1 heterocycles. The largest absolute Gasteiger partial charge is 0.395 e. The Balaban J connectivity index is 1.79. The van der Waals surface area contributed by atoms with Gasteiger partial charge in [0.2, 0.25) is 0 Å². The number of benzene rings is 2. The lowest BCUT2D eigenvalue weighted by Crippen LogP contribution is -2.26. The molecule has 0 aliphatic rings. The molecule has 6 heteroatoms. The summed E-state index contributed by atoms with van der Waals surface area (Å²) < 4.78 is 5.31. The van der Waals surface area contributed by atoms with Gasteiger partial charge in [-0.25, -0.2) is 0 Å². The van der Waals surface area contributed by atoms with Crippen molar-refractivity contribution in [2.75, 3.05) is 18.1 Å². The fraction of sp³-hybridized carbons (Fsp3) is 0.176.